The molecule has 0 N–H and O–H groups in total. The zero-order valence-electron chi connectivity index (χ0n) is 8.54. The van der Waals surface area contributed by atoms with Crippen molar-refractivity contribution in [2.75, 3.05) is 12.5 Å². The minimum atomic E-state index is -2.17. The summed E-state index contributed by atoms with van der Waals surface area (Å²) in [5, 5.41) is 0. The van der Waals surface area contributed by atoms with Crippen molar-refractivity contribution in [3.8, 4) is 0 Å². The number of fused-ring (bicyclic) bond motifs is 1. The van der Waals surface area contributed by atoms with E-state index < -0.39 is 9.73 Å². The molecular formula is C10H11N3OS. The van der Waals surface area contributed by atoms with Gasteiger partial charge < -0.3 is 0 Å². The smallest absolute Gasteiger partial charge is 0.180 e. The molecule has 4 nitrogen and oxygen atoms in total. The van der Waals surface area contributed by atoms with Gasteiger partial charge >= 0.3 is 0 Å². The van der Waals surface area contributed by atoms with Crippen LogP contribution in [0.3, 0.4) is 0 Å². The van der Waals surface area contributed by atoms with Gasteiger partial charge in [-0.25, -0.2) is 9.19 Å². The van der Waals surface area contributed by atoms with E-state index in [2.05, 4.69) is 14.3 Å². The molecule has 0 saturated heterocycles. The molecular weight excluding hydrogens is 210 g/mol. The van der Waals surface area contributed by atoms with Gasteiger partial charge in [-0.3, -0.25) is 4.98 Å². The molecule has 0 unspecified atom stereocenters. The molecule has 0 saturated carbocycles. The Morgan fingerprint density at radius 2 is 1.87 bits per heavy atom. The third kappa shape index (κ3) is 2.50. The molecule has 0 spiro atoms. The predicted molar refractivity (Wildman–Crippen MR) is 61.6 cm³/mol. The second-order valence-corrected chi connectivity index (χ2v) is 6.03. The van der Waals surface area contributed by atoms with E-state index in [4.69, 9.17) is 0 Å². The third-order valence-corrected chi connectivity index (χ3v) is 2.38. The van der Waals surface area contributed by atoms with Crippen LogP contribution in [0.4, 0.5) is 5.82 Å². The summed E-state index contributed by atoms with van der Waals surface area (Å²) in [7, 11) is -2.17. The van der Waals surface area contributed by atoms with Gasteiger partial charge in [0, 0.05) is 22.2 Å². The lowest BCUT2D eigenvalue weighted by Gasteiger charge is -1.98. The molecule has 2 rings (SSSR count). The Hall–Kier alpha value is -1.49. The Morgan fingerprint density at radius 3 is 2.53 bits per heavy atom. The lowest BCUT2D eigenvalue weighted by Crippen LogP contribution is -1.91. The van der Waals surface area contributed by atoms with Crippen LogP contribution in [0.25, 0.3) is 11.0 Å². The van der Waals surface area contributed by atoms with Crippen LogP contribution in [0.2, 0.25) is 0 Å². The Balaban J connectivity index is 2.62. The number of para-hydroxylation sites is 2. The lowest BCUT2D eigenvalue weighted by atomic mass is 10.3. The summed E-state index contributed by atoms with van der Waals surface area (Å²) in [5.74, 6) is 0.420. The largest absolute Gasteiger partial charge is 0.251 e. The number of aromatic nitrogens is 2. The standard InChI is InChI=1S/C10H11N3OS/c1-15(2,14)13-10-7-11-8-5-3-4-6-9(8)12-10/h3-7H,1-2H3. The van der Waals surface area contributed by atoms with Crippen LogP contribution in [-0.4, -0.2) is 26.7 Å². The molecule has 5 heteroatoms. The molecule has 1 aromatic heterocycles. The quantitative estimate of drug-likeness (QED) is 0.740. The summed E-state index contributed by atoms with van der Waals surface area (Å²) in [6.07, 6.45) is 4.68. The van der Waals surface area contributed by atoms with Crippen LogP contribution in [0, 0.1) is 0 Å². The summed E-state index contributed by atoms with van der Waals surface area (Å²) in [6.45, 7) is 0. The fourth-order valence-corrected chi connectivity index (χ4v) is 1.76. The number of hydrogen-bond acceptors (Lipinski definition) is 4. The maximum atomic E-state index is 11.5. The van der Waals surface area contributed by atoms with Crippen molar-refractivity contribution in [1.82, 2.24) is 9.97 Å². The summed E-state index contributed by atoms with van der Waals surface area (Å²) in [5.41, 5.74) is 1.58. The molecule has 1 heterocycles. The molecule has 0 aliphatic rings. The Morgan fingerprint density at radius 1 is 1.20 bits per heavy atom. The van der Waals surface area contributed by atoms with Gasteiger partial charge in [0.05, 0.1) is 17.2 Å². The Kier molecular flexibility index (Phi) is 2.40. The second kappa shape index (κ2) is 3.58. The summed E-state index contributed by atoms with van der Waals surface area (Å²) in [4.78, 5) is 8.44. The topological polar surface area (TPSA) is 55.2 Å². The number of hydrogen-bond donors (Lipinski definition) is 0. The van der Waals surface area contributed by atoms with E-state index in [0.717, 1.165) is 11.0 Å². The van der Waals surface area contributed by atoms with Crippen LogP contribution in [-0.2, 0) is 9.73 Å². The molecule has 0 amide bonds. The van der Waals surface area contributed by atoms with E-state index >= 15 is 0 Å². The summed E-state index contributed by atoms with van der Waals surface area (Å²) in [6, 6.07) is 7.52. The molecule has 2 aromatic rings. The third-order valence-electron chi connectivity index (χ3n) is 1.75. The van der Waals surface area contributed by atoms with E-state index in [9.17, 15) is 4.21 Å². The zero-order valence-corrected chi connectivity index (χ0v) is 9.36. The fraction of sp³-hybridized carbons (Fsp3) is 0.200. The van der Waals surface area contributed by atoms with E-state index in [1.807, 2.05) is 24.3 Å². The van der Waals surface area contributed by atoms with Crippen molar-refractivity contribution < 1.29 is 4.21 Å². The maximum Gasteiger partial charge on any atom is 0.180 e. The van der Waals surface area contributed by atoms with Crippen LogP contribution in [0.1, 0.15) is 0 Å². The maximum absolute atomic E-state index is 11.5. The van der Waals surface area contributed by atoms with Crippen molar-refractivity contribution >= 4 is 26.6 Å². The molecule has 0 aliphatic heterocycles. The van der Waals surface area contributed by atoms with Crippen molar-refractivity contribution in [3.05, 3.63) is 30.5 Å². The van der Waals surface area contributed by atoms with Gasteiger partial charge in [0.2, 0.25) is 0 Å². The van der Waals surface area contributed by atoms with Gasteiger partial charge in [-0.1, -0.05) is 12.1 Å². The van der Waals surface area contributed by atoms with Crippen LogP contribution in [0.15, 0.2) is 34.8 Å². The molecule has 78 valence electrons. The van der Waals surface area contributed by atoms with E-state index in [-0.39, 0.29) is 0 Å². The molecule has 0 radical (unpaired) electrons. The van der Waals surface area contributed by atoms with E-state index in [1.54, 1.807) is 12.5 Å². The van der Waals surface area contributed by atoms with Crippen molar-refractivity contribution in [2.24, 2.45) is 4.36 Å². The van der Waals surface area contributed by atoms with Crippen molar-refractivity contribution in [3.63, 3.8) is 0 Å². The highest BCUT2D eigenvalue weighted by Gasteiger charge is 1.98. The highest BCUT2D eigenvalue weighted by atomic mass is 32.2. The number of rotatable bonds is 1. The SMILES string of the molecule is CS(C)(=O)=Nc1cnc2ccccc2n1. The van der Waals surface area contributed by atoms with Crippen molar-refractivity contribution in [1.29, 1.82) is 0 Å². The van der Waals surface area contributed by atoms with Gasteiger partial charge in [-0.05, 0) is 12.1 Å². The fourth-order valence-electron chi connectivity index (χ4n) is 1.22. The van der Waals surface area contributed by atoms with Crippen molar-refractivity contribution in [2.45, 2.75) is 0 Å². The predicted octanol–water partition coefficient (Wildman–Crippen LogP) is 1.99. The molecule has 15 heavy (non-hydrogen) atoms. The minimum Gasteiger partial charge on any atom is -0.251 e. The normalized spacial score (nSPS) is 11.6. The summed E-state index contributed by atoms with van der Waals surface area (Å²) < 4.78 is 15.5. The van der Waals surface area contributed by atoms with Gasteiger partial charge in [0.15, 0.2) is 5.82 Å². The zero-order chi connectivity index (χ0) is 10.9. The average Bonchev–Trinajstić information content (AvgIpc) is 2.15. The Bertz CT molecular complexity index is 607. The number of nitrogens with zero attached hydrogens (tertiary/aromatic N) is 3. The first-order chi connectivity index (χ1) is 7.04. The molecule has 0 bridgehead atoms. The molecule has 0 fully saturated rings. The molecule has 0 atom stereocenters. The highest BCUT2D eigenvalue weighted by molar-refractivity contribution is 7.92. The number of benzene rings is 1. The minimum absolute atomic E-state index is 0.420. The van der Waals surface area contributed by atoms with E-state index in [1.165, 1.54) is 6.20 Å². The lowest BCUT2D eigenvalue weighted by molar-refractivity contribution is 0.684. The average molecular weight is 221 g/mol. The monoisotopic (exact) mass is 221 g/mol. The van der Waals surface area contributed by atoms with Gasteiger partial charge in [-0.15, -0.1) is 0 Å². The first-order valence-corrected chi connectivity index (χ1v) is 6.77. The second-order valence-electron chi connectivity index (χ2n) is 3.49. The van der Waals surface area contributed by atoms with Crippen LogP contribution in [0.5, 0.6) is 0 Å². The van der Waals surface area contributed by atoms with Gasteiger partial charge in [0.1, 0.15) is 0 Å². The Labute approximate surface area is 88.6 Å². The van der Waals surface area contributed by atoms with Gasteiger partial charge in [-0.2, -0.15) is 4.36 Å². The first kappa shape index (κ1) is 10.0. The van der Waals surface area contributed by atoms with Crippen LogP contribution < -0.4 is 0 Å². The van der Waals surface area contributed by atoms with E-state index in [0.29, 0.717) is 5.82 Å². The van der Waals surface area contributed by atoms with Gasteiger partial charge in [0.25, 0.3) is 0 Å². The molecule has 0 aliphatic carbocycles. The highest BCUT2D eigenvalue weighted by Crippen LogP contribution is 2.14. The van der Waals surface area contributed by atoms with Crippen LogP contribution >= 0.6 is 0 Å². The molecule has 1 aromatic carbocycles. The summed E-state index contributed by atoms with van der Waals surface area (Å²) >= 11 is 0. The first-order valence-electron chi connectivity index (χ1n) is 4.43.